The Kier molecular flexibility index (Phi) is 5.79. The number of Topliss-reactive ketones (excluding diaryl/α,β-unsaturated/α-hetero) is 1. The molecule has 8 heteroatoms. The lowest BCUT2D eigenvalue weighted by Gasteiger charge is -2.07. The number of ether oxygens (including phenoxy) is 3. The Hall–Kier alpha value is -3.36. The van der Waals surface area contributed by atoms with Crippen LogP contribution in [0.5, 0.6) is 17.2 Å². The summed E-state index contributed by atoms with van der Waals surface area (Å²) >= 11 is 6.82. The minimum absolute atomic E-state index is 0.0746. The van der Waals surface area contributed by atoms with E-state index >= 15 is 0 Å². The van der Waals surface area contributed by atoms with Crippen LogP contribution in [0.15, 0.2) is 73.7 Å². The van der Waals surface area contributed by atoms with Crippen molar-refractivity contribution in [1.29, 1.82) is 0 Å². The maximum absolute atomic E-state index is 13.0. The molecule has 3 aromatic carbocycles. The van der Waals surface area contributed by atoms with Crippen LogP contribution in [-0.4, -0.2) is 18.9 Å². The van der Waals surface area contributed by atoms with Crippen molar-refractivity contribution >= 4 is 60.7 Å². The van der Waals surface area contributed by atoms with Crippen LogP contribution in [0.4, 0.5) is 0 Å². The number of ketones is 1. The Morgan fingerprint density at radius 3 is 2.56 bits per heavy atom. The number of aryl methyl sites for hydroxylation is 1. The lowest BCUT2D eigenvalue weighted by Crippen LogP contribution is -2.07. The number of hydrogen-bond acceptors (Lipinski definition) is 6. The molecule has 34 heavy (non-hydrogen) atoms. The van der Waals surface area contributed by atoms with Gasteiger partial charge in [0.05, 0.1) is 12.7 Å². The highest BCUT2D eigenvalue weighted by Crippen LogP contribution is 2.38. The van der Waals surface area contributed by atoms with Gasteiger partial charge in [-0.3, -0.25) is 4.79 Å². The van der Waals surface area contributed by atoms with Crippen LogP contribution in [0, 0.1) is 6.92 Å². The molecule has 170 valence electrons. The van der Waals surface area contributed by atoms with E-state index in [0.29, 0.717) is 33.8 Å². The Labute approximate surface area is 211 Å². The molecule has 0 saturated carbocycles. The molecule has 0 amide bonds. The first-order valence-electron chi connectivity index (χ1n) is 10.2. The largest absolute Gasteiger partial charge is 0.496 e. The number of hydrogen-bond donors (Lipinski definition) is 0. The van der Waals surface area contributed by atoms with Crippen LogP contribution in [-0.2, 0) is 0 Å². The number of methoxy groups -OCH3 is 1. The minimum Gasteiger partial charge on any atom is -0.496 e. The van der Waals surface area contributed by atoms with Gasteiger partial charge in [-0.05, 0) is 67.1 Å². The van der Waals surface area contributed by atoms with Crippen molar-refractivity contribution in [3.05, 3.63) is 91.8 Å². The monoisotopic (exact) mass is 582 g/mol. The smallest absolute Gasteiger partial charge is 0.379 e. The third kappa shape index (κ3) is 4.15. The normalized spacial score (nSPS) is 13.8. The second-order valence-corrected chi connectivity index (χ2v) is 9.45. The summed E-state index contributed by atoms with van der Waals surface area (Å²) in [7, 11) is 1.56. The van der Waals surface area contributed by atoms with E-state index in [0.717, 1.165) is 14.3 Å². The molecule has 0 aliphatic carbocycles. The molecular weight excluding hydrogens is 568 g/mol. The van der Waals surface area contributed by atoms with E-state index in [4.69, 9.17) is 18.6 Å². The van der Waals surface area contributed by atoms with Crippen molar-refractivity contribution in [2.24, 2.45) is 0 Å². The Morgan fingerprint density at radius 2 is 1.76 bits per heavy atom. The maximum atomic E-state index is 13.0. The van der Waals surface area contributed by atoms with Crippen LogP contribution in [0.1, 0.15) is 32.0 Å². The Bertz CT molecular complexity index is 1520. The molecular formula is C26H16Br2O6. The van der Waals surface area contributed by atoms with E-state index in [-0.39, 0.29) is 23.1 Å². The number of halogens is 2. The summed E-state index contributed by atoms with van der Waals surface area (Å²) in [5.74, 6) is 0.498. The molecule has 0 spiro atoms. The van der Waals surface area contributed by atoms with E-state index in [9.17, 15) is 9.59 Å². The molecule has 6 nitrogen and oxygen atoms in total. The number of benzene rings is 3. The van der Waals surface area contributed by atoms with Gasteiger partial charge in [0.2, 0.25) is 11.5 Å². The summed E-state index contributed by atoms with van der Waals surface area (Å²) in [4.78, 5) is 25.7. The molecule has 0 N–H and O–H groups in total. The predicted octanol–water partition coefficient (Wildman–Crippen LogP) is 7.11. The number of carbonyl (C=O) groups excluding carboxylic acids is 2. The third-order valence-electron chi connectivity index (χ3n) is 5.31. The Balaban J connectivity index is 1.43. The molecule has 5 rings (SSSR count). The highest BCUT2D eigenvalue weighted by molar-refractivity contribution is 9.10. The average Bonchev–Trinajstić information content (AvgIpc) is 3.35. The molecule has 0 unspecified atom stereocenters. The molecule has 0 radical (unpaired) electrons. The van der Waals surface area contributed by atoms with Gasteiger partial charge < -0.3 is 18.6 Å². The number of esters is 1. The third-order valence-corrected chi connectivity index (χ3v) is 6.30. The average molecular weight is 584 g/mol. The quantitative estimate of drug-likeness (QED) is 0.145. The summed E-state index contributed by atoms with van der Waals surface area (Å²) in [5, 5.41) is 0.776. The number of rotatable bonds is 4. The molecule has 0 bridgehead atoms. The van der Waals surface area contributed by atoms with Crippen LogP contribution < -0.4 is 14.2 Å². The molecule has 1 aliphatic heterocycles. The van der Waals surface area contributed by atoms with E-state index in [1.165, 1.54) is 6.07 Å². The van der Waals surface area contributed by atoms with Gasteiger partial charge in [-0.1, -0.05) is 31.9 Å². The van der Waals surface area contributed by atoms with Crippen molar-refractivity contribution in [3.8, 4) is 17.2 Å². The van der Waals surface area contributed by atoms with Crippen LogP contribution >= 0.6 is 31.9 Å². The minimum atomic E-state index is -0.648. The molecule has 0 atom stereocenters. The molecule has 0 saturated heterocycles. The fourth-order valence-corrected chi connectivity index (χ4v) is 4.53. The summed E-state index contributed by atoms with van der Waals surface area (Å²) < 4.78 is 24.1. The summed E-state index contributed by atoms with van der Waals surface area (Å²) in [6.07, 6.45) is 1.63. The van der Waals surface area contributed by atoms with E-state index < -0.39 is 5.97 Å². The summed E-state index contributed by atoms with van der Waals surface area (Å²) in [6, 6.07) is 15.7. The summed E-state index contributed by atoms with van der Waals surface area (Å²) in [5.41, 5.74) is 2.32. The van der Waals surface area contributed by atoms with Crippen LogP contribution in [0.25, 0.3) is 17.0 Å². The van der Waals surface area contributed by atoms with Gasteiger partial charge in [0.1, 0.15) is 22.8 Å². The van der Waals surface area contributed by atoms with Gasteiger partial charge in [-0.2, -0.15) is 0 Å². The molecule has 1 aliphatic rings. The number of allylic oxidation sites excluding steroid dienone is 1. The molecule has 0 fully saturated rings. The SMILES string of the molecule is COc1ccc(Br)cc1/C=C1\Oc2cc(OC(=O)c3cc4cc(Br)ccc4o3)cc(C)c2C1=O. The second kappa shape index (κ2) is 8.77. The van der Waals surface area contributed by atoms with Gasteiger partial charge in [0.25, 0.3) is 0 Å². The van der Waals surface area contributed by atoms with Gasteiger partial charge in [-0.25, -0.2) is 4.79 Å². The molecule has 1 aromatic heterocycles. The lowest BCUT2D eigenvalue weighted by atomic mass is 10.0. The fourth-order valence-electron chi connectivity index (χ4n) is 3.77. The van der Waals surface area contributed by atoms with Crippen molar-refractivity contribution in [1.82, 2.24) is 0 Å². The van der Waals surface area contributed by atoms with Crippen molar-refractivity contribution in [2.75, 3.05) is 7.11 Å². The van der Waals surface area contributed by atoms with Gasteiger partial charge >= 0.3 is 5.97 Å². The van der Waals surface area contributed by atoms with Crippen molar-refractivity contribution < 1.29 is 28.2 Å². The molecule has 2 heterocycles. The standard InChI is InChI=1S/C26H16Br2O6/c1-13-7-18(32-26(30)23-11-15-9-17(28)4-6-20(15)33-23)12-21-24(13)25(29)22(34-21)10-14-8-16(27)3-5-19(14)31-2/h3-12H,1-2H3/b22-10-. The van der Waals surface area contributed by atoms with Gasteiger partial charge in [0.15, 0.2) is 5.76 Å². The van der Waals surface area contributed by atoms with Crippen molar-refractivity contribution in [2.45, 2.75) is 6.92 Å². The highest BCUT2D eigenvalue weighted by Gasteiger charge is 2.31. The van der Waals surface area contributed by atoms with Gasteiger partial charge in [0, 0.05) is 26.0 Å². The topological polar surface area (TPSA) is 75.0 Å². The zero-order valence-electron chi connectivity index (χ0n) is 18.0. The van der Waals surface area contributed by atoms with E-state index in [1.54, 1.807) is 44.4 Å². The van der Waals surface area contributed by atoms with Gasteiger partial charge in [-0.15, -0.1) is 0 Å². The zero-order chi connectivity index (χ0) is 24.0. The first kappa shape index (κ1) is 22.4. The zero-order valence-corrected chi connectivity index (χ0v) is 21.2. The molecule has 4 aromatic rings. The first-order chi connectivity index (χ1) is 16.3. The Morgan fingerprint density at radius 1 is 1.00 bits per heavy atom. The number of furan rings is 1. The van der Waals surface area contributed by atoms with E-state index in [1.807, 2.05) is 24.3 Å². The van der Waals surface area contributed by atoms with Crippen molar-refractivity contribution in [3.63, 3.8) is 0 Å². The highest BCUT2D eigenvalue weighted by atomic mass is 79.9. The number of fused-ring (bicyclic) bond motifs is 2. The fraction of sp³-hybridized carbons (Fsp3) is 0.0769. The number of carbonyl (C=O) groups is 2. The lowest BCUT2D eigenvalue weighted by molar-refractivity contribution is 0.0703. The predicted molar refractivity (Wildman–Crippen MR) is 134 cm³/mol. The first-order valence-corrected chi connectivity index (χ1v) is 11.7. The summed E-state index contributed by atoms with van der Waals surface area (Å²) in [6.45, 7) is 1.76. The van der Waals surface area contributed by atoms with Crippen LogP contribution in [0.2, 0.25) is 0 Å². The second-order valence-electron chi connectivity index (χ2n) is 7.62. The van der Waals surface area contributed by atoms with Crippen LogP contribution in [0.3, 0.4) is 0 Å². The van der Waals surface area contributed by atoms with E-state index in [2.05, 4.69) is 31.9 Å². The maximum Gasteiger partial charge on any atom is 0.379 e.